The molecule has 2 aromatic carbocycles. The van der Waals surface area contributed by atoms with E-state index in [1.165, 1.54) is 24.1 Å². The van der Waals surface area contributed by atoms with Crippen molar-refractivity contribution in [3.8, 4) is 0 Å². The van der Waals surface area contributed by atoms with Crippen LogP contribution in [0.5, 0.6) is 0 Å². The Morgan fingerprint density at radius 3 is 2.41 bits per heavy atom. The number of rotatable bonds is 4. The average molecular weight is 412 g/mol. The van der Waals surface area contributed by atoms with E-state index in [0.717, 1.165) is 38.1 Å². The van der Waals surface area contributed by atoms with Crippen molar-refractivity contribution in [2.24, 2.45) is 0 Å². The van der Waals surface area contributed by atoms with Gasteiger partial charge < -0.3 is 15.1 Å². The van der Waals surface area contributed by atoms with Gasteiger partial charge in [-0.3, -0.25) is 4.79 Å². The Labute approximate surface area is 173 Å². The van der Waals surface area contributed by atoms with E-state index in [2.05, 4.69) is 37.2 Å². The molecule has 0 radical (unpaired) electrons. The first-order valence-corrected chi connectivity index (χ1v) is 9.61. The van der Waals surface area contributed by atoms with E-state index >= 15 is 0 Å². The maximum Gasteiger partial charge on any atom is 0.258 e. The predicted octanol–water partition coefficient (Wildman–Crippen LogP) is 3.85. The summed E-state index contributed by atoms with van der Waals surface area (Å²) >= 11 is 5.96. The second-order valence-corrected chi connectivity index (χ2v) is 7.06. The summed E-state index contributed by atoms with van der Waals surface area (Å²) in [5.41, 5.74) is 1.39. The summed E-state index contributed by atoms with van der Waals surface area (Å²) in [6, 6.07) is 15.7. The Morgan fingerprint density at radius 2 is 1.69 bits per heavy atom. The second kappa shape index (κ2) is 8.45. The van der Waals surface area contributed by atoms with Crippen LogP contribution in [0.3, 0.4) is 0 Å². The molecule has 0 spiro atoms. The van der Waals surface area contributed by atoms with Crippen LogP contribution in [-0.2, 0) is 0 Å². The molecule has 1 saturated heterocycles. The molecule has 148 valence electrons. The maximum atomic E-state index is 13.2. The van der Waals surface area contributed by atoms with Gasteiger partial charge in [0.15, 0.2) is 0 Å². The number of piperazine rings is 1. The van der Waals surface area contributed by atoms with Crippen molar-refractivity contribution < 1.29 is 9.18 Å². The highest BCUT2D eigenvalue weighted by Crippen LogP contribution is 2.22. The number of nitrogens with zero attached hydrogens (tertiary/aromatic N) is 4. The van der Waals surface area contributed by atoms with Gasteiger partial charge >= 0.3 is 0 Å². The molecule has 1 aliphatic heterocycles. The van der Waals surface area contributed by atoms with Gasteiger partial charge in [0.1, 0.15) is 23.8 Å². The molecule has 3 aromatic rings. The fourth-order valence-corrected chi connectivity index (χ4v) is 3.53. The van der Waals surface area contributed by atoms with E-state index in [1.807, 2.05) is 18.2 Å². The molecule has 0 saturated carbocycles. The number of carbonyl (C=O) groups is 1. The van der Waals surface area contributed by atoms with Crippen molar-refractivity contribution >= 4 is 34.8 Å². The standard InChI is InChI=1S/C21H19ClFN5O/c22-18-12-15(23)6-7-17(18)21(29)26-19-13-20(25-14-24-19)28-10-8-27(9-11-28)16-4-2-1-3-5-16/h1-7,12-14H,8-11H2,(H,24,25,26,29). The van der Waals surface area contributed by atoms with Gasteiger partial charge in [0.2, 0.25) is 0 Å². The number of nitrogens with one attached hydrogen (secondary N) is 1. The molecule has 1 N–H and O–H groups in total. The number of para-hydroxylation sites is 1. The van der Waals surface area contributed by atoms with Gasteiger partial charge in [0.25, 0.3) is 5.91 Å². The smallest absolute Gasteiger partial charge is 0.258 e. The molecule has 1 aliphatic rings. The Kier molecular flexibility index (Phi) is 5.57. The first kappa shape index (κ1) is 19.1. The second-order valence-electron chi connectivity index (χ2n) is 6.65. The van der Waals surface area contributed by atoms with Gasteiger partial charge in [-0.05, 0) is 30.3 Å². The van der Waals surface area contributed by atoms with Gasteiger partial charge in [-0.1, -0.05) is 29.8 Å². The number of benzene rings is 2. The summed E-state index contributed by atoms with van der Waals surface area (Å²) in [5, 5.41) is 2.75. The summed E-state index contributed by atoms with van der Waals surface area (Å²) in [6.45, 7) is 3.37. The third kappa shape index (κ3) is 4.46. The van der Waals surface area contributed by atoms with Crippen LogP contribution in [0.2, 0.25) is 5.02 Å². The molecule has 29 heavy (non-hydrogen) atoms. The van der Waals surface area contributed by atoms with Crippen molar-refractivity contribution in [2.75, 3.05) is 41.3 Å². The fourth-order valence-electron chi connectivity index (χ4n) is 3.28. The highest BCUT2D eigenvalue weighted by atomic mass is 35.5. The third-order valence-electron chi connectivity index (χ3n) is 4.80. The minimum absolute atomic E-state index is 0.0498. The largest absolute Gasteiger partial charge is 0.368 e. The van der Waals surface area contributed by atoms with E-state index in [0.29, 0.717) is 5.82 Å². The zero-order valence-electron chi connectivity index (χ0n) is 15.6. The first-order valence-electron chi connectivity index (χ1n) is 9.23. The molecule has 0 bridgehead atoms. The summed E-state index contributed by atoms with van der Waals surface area (Å²) in [7, 11) is 0. The molecular formula is C21H19ClFN5O. The Hall–Kier alpha value is -3.19. The Morgan fingerprint density at radius 1 is 0.966 bits per heavy atom. The number of carbonyl (C=O) groups excluding carboxylic acids is 1. The molecule has 4 rings (SSSR count). The van der Waals surface area contributed by atoms with E-state index in [4.69, 9.17) is 11.6 Å². The van der Waals surface area contributed by atoms with Gasteiger partial charge in [-0.2, -0.15) is 0 Å². The van der Waals surface area contributed by atoms with Crippen LogP contribution in [0.25, 0.3) is 0 Å². The zero-order chi connectivity index (χ0) is 20.2. The molecule has 1 fully saturated rings. The first-order chi connectivity index (χ1) is 14.1. The van der Waals surface area contributed by atoms with Crippen molar-refractivity contribution in [3.63, 3.8) is 0 Å². The topological polar surface area (TPSA) is 61.4 Å². The van der Waals surface area contributed by atoms with Crippen LogP contribution in [-0.4, -0.2) is 42.1 Å². The third-order valence-corrected chi connectivity index (χ3v) is 5.11. The number of aromatic nitrogens is 2. The van der Waals surface area contributed by atoms with E-state index in [1.54, 1.807) is 6.07 Å². The van der Waals surface area contributed by atoms with Gasteiger partial charge in [0.05, 0.1) is 10.6 Å². The van der Waals surface area contributed by atoms with Crippen LogP contribution in [0.1, 0.15) is 10.4 Å². The van der Waals surface area contributed by atoms with Crippen molar-refractivity contribution in [1.82, 2.24) is 9.97 Å². The molecule has 8 heteroatoms. The average Bonchev–Trinajstić information content (AvgIpc) is 2.74. The van der Waals surface area contributed by atoms with Crippen molar-refractivity contribution in [1.29, 1.82) is 0 Å². The Balaban J connectivity index is 1.42. The lowest BCUT2D eigenvalue weighted by atomic mass is 10.2. The highest BCUT2D eigenvalue weighted by molar-refractivity contribution is 6.34. The van der Waals surface area contributed by atoms with E-state index in [-0.39, 0.29) is 10.6 Å². The van der Waals surface area contributed by atoms with Crippen LogP contribution >= 0.6 is 11.6 Å². The quantitative estimate of drug-likeness (QED) is 0.706. The zero-order valence-corrected chi connectivity index (χ0v) is 16.3. The lowest BCUT2D eigenvalue weighted by molar-refractivity contribution is 0.102. The minimum Gasteiger partial charge on any atom is -0.368 e. The number of hydrogen-bond acceptors (Lipinski definition) is 5. The molecule has 0 unspecified atom stereocenters. The summed E-state index contributed by atoms with van der Waals surface area (Å²) in [6.07, 6.45) is 1.42. The summed E-state index contributed by atoms with van der Waals surface area (Å²) in [5.74, 6) is 0.165. The fraction of sp³-hybridized carbons (Fsp3) is 0.190. The summed E-state index contributed by atoms with van der Waals surface area (Å²) in [4.78, 5) is 25.4. The van der Waals surface area contributed by atoms with Crippen LogP contribution in [0.4, 0.5) is 21.7 Å². The highest BCUT2D eigenvalue weighted by Gasteiger charge is 2.19. The number of anilines is 3. The molecular weight excluding hydrogens is 393 g/mol. The van der Waals surface area contributed by atoms with Crippen molar-refractivity contribution in [2.45, 2.75) is 0 Å². The molecule has 0 aliphatic carbocycles. The van der Waals surface area contributed by atoms with E-state index < -0.39 is 11.7 Å². The predicted molar refractivity (Wildman–Crippen MR) is 112 cm³/mol. The SMILES string of the molecule is O=C(Nc1cc(N2CCN(c3ccccc3)CC2)ncn1)c1ccc(F)cc1Cl. The van der Waals surface area contributed by atoms with E-state index in [9.17, 15) is 9.18 Å². The number of amides is 1. The number of halogens is 2. The monoisotopic (exact) mass is 411 g/mol. The maximum absolute atomic E-state index is 13.2. The number of hydrogen-bond donors (Lipinski definition) is 1. The van der Waals surface area contributed by atoms with Gasteiger partial charge in [-0.25, -0.2) is 14.4 Å². The van der Waals surface area contributed by atoms with Gasteiger partial charge in [-0.15, -0.1) is 0 Å². The molecule has 2 heterocycles. The van der Waals surface area contributed by atoms with Gasteiger partial charge in [0, 0.05) is 37.9 Å². The molecule has 1 aromatic heterocycles. The normalized spacial score (nSPS) is 14.0. The lowest BCUT2D eigenvalue weighted by Crippen LogP contribution is -2.46. The Bertz CT molecular complexity index is 1010. The molecule has 6 nitrogen and oxygen atoms in total. The molecule has 0 atom stereocenters. The minimum atomic E-state index is -0.495. The van der Waals surface area contributed by atoms with Crippen molar-refractivity contribution in [3.05, 3.63) is 77.3 Å². The summed E-state index contributed by atoms with van der Waals surface area (Å²) < 4.78 is 13.2. The van der Waals surface area contributed by atoms with Crippen LogP contribution in [0.15, 0.2) is 60.9 Å². The van der Waals surface area contributed by atoms with Crippen LogP contribution < -0.4 is 15.1 Å². The van der Waals surface area contributed by atoms with Crippen LogP contribution in [0, 0.1) is 5.82 Å². The lowest BCUT2D eigenvalue weighted by Gasteiger charge is -2.36. The molecule has 1 amide bonds.